The SMILES string of the molecule is CCc1nc(-c2ccc(OC)c(F)c2)nc2c1ccn2-c1cccc(OCC(=O)N(C)C2CC2)c1. The molecule has 0 N–H and O–H groups in total. The Morgan fingerprint density at radius 1 is 1.17 bits per heavy atom. The Labute approximate surface area is 203 Å². The summed E-state index contributed by atoms with van der Waals surface area (Å²) in [7, 11) is 3.25. The summed E-state index contributed by atoms with van der Waals surface area (Å²) in [6, 6.07) is 14.6. The molecular formula is C27H27FN4O3. The molecule has 1 saturated carbocycles. The van der Waals surface area contributed by atoms with Gasteiger partial charge in [0, 0.05) is 36.3 Å². The summed E-state index contributed by atoms with van der Waals surface area (Å²) in [5.74, 6) is 0.725. The molecule has 1 aliphatic rings. The molecule has 1 fully saturated rings. The highest BCUT2D eigenvalue weighted by atomic mass is 19.1. The van der Waals surface area contributed by atoms with Crippen LogP contribution in [0.2, 0.25) is 0 Å². The first-order valence-electron chi connectivity index (χ1n) is 11.7. The fourth-order valence-corrected chi connectivity index (χ4v) is 4.12. The predicted octanol–water partition coefficient (Wildman–Crippen LogP) is 4.80. The maximum Gasteiger partial charge on any atom is 0.260 e. The van der Waals surface area contributed by atoms with Gasteiger partial charge in [0.2, 0.25) is 0 Å². The molecule has 5 rings (SSSR count). The van der Waals surface area contributed by atoms with Crippen LogP contribution in [0.3, 0.4) is 0 Å². The first kappa shape index (κ1) is 22.8. The van der Waals surface area contributed by atoms with E-state index in [0.717, 1.165) is 29.6 Å². The van der Waals surface area contributed by atoms with Gasteiger partial charge in [0.05, 0.1) is 18.5 Å². The monoisotopic (exact) mass is 474 g/mol. The molecule has 0 unspecified atom stereocenters. The lowest BCUT2D eigenvalue weighted by Gasteiger charge is -2.16. The van der Waals surface area contributed by atoms with E-state index >= 15 is 0 Å². The Balaban J connectivity index is 1.48. The zero-order valence-electron chi connectivity index (χ0n) is 20.0. The summed E-state index contributed by atoms with van der Waals surface area (Å²) in [5, 5.41) is 0.929. The Kier molecular flexibility index (Phi) is 6.11. The van der Waals surface area contributed by atoms with Crippen molar-refractivity contribution >= 4 is 16.9 Å². The van der Waals surface area contributed by atoms with Crippen LogP contribution >= 0.6 is 0 Å². The number of likely N-dealkylation sites (N-methyl/N-ethyl adjacent to an activating group) is 1. The number of methoxy groups -OCH3 is 1. The van der Waals surface area contributed by atoms with Crippen LogP contribution in [-0.4, -0.2) is 52.1 Å². The second-order valence-electron chi connectivity index (χ2n) is 8.64. The van der Waals surface area contributed by atoms with E-state index in [1.165, 1.54) is 13.2 Å². The van der Waals surface area contributed by atoms with Gasteiger partial charge in [0.25, 0.3) is 5.91 Å². The van der Waals surface area contributed by atoms with Gasteiger partial charge in [-0.25, -0.2) is 14.4 Å². The number of hydrogen-bond acceptors (Lipinski definition) is 5. The zero-order chi connectivity index (χ0) is 24.5. The molecule has 7 nitrogen and oxygen atoms in total. The van der Waals surface area contributed by atoms with E-state index in [-0.39, 0.29) is 18.3 Å². The summed E-state index contributed by atoms with van der Waals surface area (Å²) in [6.45, 7) is 2.03. The highest BCUT2D eigenvalue weighted by Crippen LogP contribution is 2.29. The molecule has 0 bridgehead atoms. The van der Waals surface area contributed by atoms with Crippen LogP contribution in [0.5, 0.6) is 11.5 Å². The lowest BCUT2D eigenvalue weighted by atomic mass is 10.1. The van der Waals surface area contributed by atoms with Crippen molar-refractivity contribution in [2.24, 2.45) is 0 Å². The van der Waals surface area contributed by atoms with E-state index in [1.807, 2.05) is 55.1 Å². The molecule has 2 heterocycles. The van der Waals surface area contributed by atoms with Gasteiger partial charge >= 0.3 is 0 Å². The van der Waals surface area contributed by atoms with E-state index in [9.17, 15) is 9.18 Å². The molecule has 4 aromatic rings. The lowest BCUT2D eigenvalue weighted by Crippen LogP contribution is -2.33. The summed E-state index contributed by atoms with van der Waals surface area (Å²) >= 11 is 0. The standard InChI is InChI=1S/C27H27FN4O3/c1-4-23-21-12-13-32(27(21)30-26(29-23)17-8-11-24(34-3)22(28)14-17)19-6-5-7-20(15-19)35-16-25(33)31(2)18-9-10-18/h5-8,11-15,18H,4,9-10,16H2,1-3H3. The lowest BCUT2D eigenvalue weighted by molar-refractivity contribution is -0.132. The molecule has 0 aliphatic heterocycles. The maximum absolute atomic E-state index is 14.4. The summed E-state index contributed by atoms with van der Waals surface area (Å²) in [6.07, 6.45) is 4.76. The Bertz CT molecular complexity index is 1400. The van der Waals surface area contributed by atoms with Gasteiger partial charge in [-0.15, -0.1) is 0 Å². The molecule has 0 atom stereocenters. The average Bonchev–Trinajstić information content (AvgIpc) is 3.65. The van der Waals surface area contributed by atoms with Gasteiger partial charge in [0.15, 0.2) is 24.0 Å². The minimum absolute atomic E-state index is 0.00177. The number of halogens is 1. The van der Waals surface area contributed by atoms with Gasteiger partial charge in [-0.3, -0.25) is 4.79 Å². The number of ether oxygens (including phenoxy) is 2. The van der Waals surface area contributed by atoms with E-state index < -0.39 is 5.82 Å². The van der Waals surface area contributed by atoms with E-state index in [0.29, 0.717) is 35.2 Å². The maximum atomic E-state index is 14.4. The number of aryl methyl sites for hydroxylation is 1. The number of carbonyl (C=O) groups is 1. The van der Waals surface area contributed by atoms with Crippen molar-refractivity contribution in [2.75, 3.05) is 20.8 Å². The van der Waals surface area contributed by atoms with Crippen LogP contribution in [0.4, 0.5) is 4.39 Å². The van der Waals surface area contributed by atoms with Crippen molar-refractivity contribution in [1.29, 1.82) is 0 Å². The normalized spacial score (nSPS) is 13.1. The van der Waals surface area contributed by atoms with E-state index in [2.05, 4.69) is 0 Å². The number of fused-ring (bicyclic) bond motifs is 1. The molecule has 0 spiro atoms. The first-order valence-corrected chi connectivity index (χ1v) is 11.7. The van der Waals surface area contributed by atoms with Crippen molar-refractivity contribution in [3.05, 3.63) is 66.2 Å². The van der Waals surface area contributed by atoms with Gasteiger partial charge in [0.1, 0.15) is 11.4 Å². The Morgan fingerprint density at radius 3 is 2.71 bits per heavy atom. The fraction of sp³-hybridized carbons (Fsp3) is 0.296. The molecule has 0 radical (unpaired) electrons. The second kappa shape index (κ2) is 9.37. The van der Waals surface area contributed by atoms with Crippen molar-refractivity contribution in [1.82, 2.24) is 19.4 Å². The molecule has 1 amide bonds. The Hall–Kier alpha value is -3.94. The van der Waals surface area contributed by atoms with E-state index in [1.54, 1.807) is 17.0 Å². The molecule has 1 aliphatic carbocycles. The van der Waals surface area contributed by atoms with Crippen molar-refractivity contribution in [3.8, 4) is 28.6 Å². The number of rotatable bonds is 8. The van der Waals surface area contributed by atoms with Crippen molar-refractivity contribution in [2.45, 2.75) is 32.2 Å². The van der Waals surface area contributed by atoms with Crippen molar-refractivity contribution in [3.63, 3.8) is 0 Å². The van der Waals surface area contributed by atoms with Crippen molar-refractivity contribution < 1.29 is 18.7 Å². The number of hydrogen-bond donors (Lipinski definition) is 0. The highest BCUT2D eigenvalue weighted by molar-refractivity contribution is 5.83. The van der Waals surface area contributed by atoms with Crippen LogP contribution in [0.15, 0.2) is 54.7 Å². The van der Waals surface area contributed by atoms with Crippen LogP contribution < -0.4 is 9.47 Å². The zero-order valence-corrected chi connectivity index (χ0v) is 20.0. The van der Waals surface area contributed by atoms with Crippen LogP contribution in [0.1, 0.15) is 25.5 Å². The highest BCUT2D eigenvalue weighted by Gasteiger charge is 2.29. The van der Waals surface area contributed by atoms with Gasteiger partial charge in [-0.1, -0.05) is 13.0 Å². The predicted molar refractivity (Wildman–Crippen MR) is 131 cm³/mol. The minimum atomic E-state index is -0.464. The number of amides is 1. The van der Waals surface area contributed by atoms with Gasteiger partial charge < -0.3 is 18.9 Å². The van der Waals surface area contributed by atoms with Gasteiger partial charge in [-0.2, -0.15) is 0 Å². The third-order valence-electron chi connectivity index (χ3n) is 6.31. The molecule has 2 aromatic heterocycles. The number of nitrogens with zero attached hydrogens (tertiary/aromatic N) is 4. The number of carbonyl (C=O) groups excluding carboxylic acids is 1. The minimum Gasteiger partial charge on any atom is -0.494 e. The molecule has 8 heteroatoms. The summed E-state index contributed by atoms with van der Waals surface area (Å²) < 4.78 is 27.1. The summed E-state index contributed by atoms with van der Waals surface area (Å²) in [5.41, 5.74) is 3.00. The molecule has 2 aromatic carbocycles. The number of aromatic nitrogens is 3. The summed E-state index contributed by atoms with van der Waals surface area (Å²) in [4.78, 5) is 23.6. The largest absolute Gasteiger partial charge is 0.494 e. The molecular weight excluding hydrogens is 447 g/mol. The quantitative estimate of drug-likeness (QED) is 0.367. The topological polar surface area (TPSA) is 69.5 Å². The van der Waals surface area contributed by atoms with Crippen LogP contribution in [-0.2, 0) is 11.2 Å². The molecule has 0 saturated heterocycles. The number of benzene rings is 2. The third kappa shape index (κ3) is 4.56. The Morgan fingerprint density at radius 2 is 2.00 bits per heavy atom. The van der Waals surface area contributed by atoms with E-state index in [4.69, 9.17) is 19.4 Å². The molecule has 35 heavy (non-hydrogen) atoms. The smallest absolute Gasteiger partial charge is 0.260 e. The van der Waals surface area contributed by atoms with Crippen LogP contribution in [0, 0.1) is 5.82 Å². The third-order valence-corrected chi connectivity index (χ3v) is 6.31. The molecule has 180 valence electrons. The fourth-order valence-electron chi connectivity index (χ4n) is 4.12. The van der Waals surface area contributed by atoms with Gasteiger partial charge in [-0.05, 0) is 55.7 Å². The van der Waals surface area contributed by atoms with Crippen LogP contribution in [0.25, 0.3) is 28.1 Å². The first-order chi connectivity index (χ1) is 17.0. The second-order valence-corrected chi connectivity index (χ2v) is 8.64. The average molecular weight is 475 g/mol.